The Morgan fingerprint density at radius 3 is 2.47 bits per heavy atom. The van der Waals surface area contributed by atoms with Gasteiger partial charge in [0.1, 0.15) is 0 Å². The number of rotatable bonds is 5. The van der Waals surface area contributed by atoms with Gasteiger partial charge in [-0.3, -0.25) is 4.79 Å². The number of nitrogens with one attached hydrogen (secondary N) is 2. The lowest BCUT2D eigenvalue weighted by Gasteiger charge is -2.33. The monoisotopic (exact) mass is 213 g/mol. The van der Waals surface area contributed by atoms with E-state index in [2.05, 4.69) is 29.4 Å². The smallest absolute Gasteiger partial charge is 0.220 e. The molecule has 0 aromatic rings. The summed E-state index contributed by atoms with van der Waals surface area (Å²) in [5.74, 6) is 0.726. The zero-order valence-electron chi connectivity index (χ0n) is 10.3. The molecule has 88 valence electrons. The summed E-state index contributed by atoms with van der Waals surface area (Å²) in [5, 5.41) is 6.16. The molecular formula is C11H23N3O. The van der Waals surface area contributed by atoms with Crippen molar-refractivity contribution in [3.8, 4) is 0 Å². The van der Waals surface area contributed by atoms with Crippen LogP contribution in [-0.2, 0) is 4.79 Å². The molecule has 4 heteroatoms. The molecule has 1 heterocycles. The molecule has 1 rings (SSSR count). The lowest BCUT2D eigenvalue weighted by Crippen LogP contribution is -2.50. The van der Waals surface area contributed by atoms with Crippen molar-refractivity contribution >= 4 is 5.91 Å². The summed E-state index contributed by atoms with van der Waals surface area (Å²) in [4.78, 5) is 13.7. The highest BCUT2D eigenvalue weighted by Crippen LogP contribution is 2.10. The highest BCUT2D eigenvalue weighted by atomic mass is 16.1. The summed E-state index contributed by atoms with van der Waals surface area (Å²) >= 11 is 0. The molecule has 1 saturated heterocycles. The zero-order chi connectivity index (χ0) is 11.5. The summed E-state index contributed by atoms with van der Waals surface area (Å²) in [6.45, 7) is 6.93. The van der Waals surface area contributed by atoms with Crippen LogP contribution in [0.3, 0.4) is 0 Å². The van der Waals surface area contributed by atoms with Gasteiger partial charge in [0.05, 0.1) is 0 Å². The first-order valence-corrected chi connectivity index (χ1v) is 5.56. The third kappa shape index (κ3) is 3.80. The minimum atomic E-state index is 0.0214. The molecule has 15 heavy (non-hydrogen) atoms. The fourth-order valence-corrected chi connectivity index (χ4v) is 1.30. The molecule has 0 atom stereocenters. The molecule has 1 aliphatic rings. The molecule has 2 N–H and O–H groups in total. The first kappa shape index (κ1) is 12.5. The van der Waals surface area contributed by atoms with Gasteiger partial charge in [-0.2, -0.15) is 0 Å². The molecule has 1 amide bonds. The first-order chi connectivity index (χ1) is 6.92. The van der Waals surface area contributed by atoms with Gasteiger partial charge in [0.2, 0.25) is 5.91 Å². The zero-order valence-corrected chi connectivity index (χ0v) is 10.3. The normalized spacial score (nSPS) is 17.7. The average molecular weight is 213 g/mol. The van der Waals surface area contributed by atoms with E-state index in [-0.39, 0.29) is 11.4 Å². The number of carbonyl (C=O) groups is 1. The number of amides is 1. The number of hydrogen-bond donors (Lipinski definition) is 2. The number of hydrogen-bond acceptors (Lipinski definition) is 3. The van der Waals surface area contributed by atoms with Crippen LogP contribution < -0.4 is 10.6 Å². The maximum atomic E-state index is 11.6. The molecule has 4 nitrogen and oxygen atoms in total. The van der Waals surface area contributed by atoms with Crippen molar-refractivity contribution in [3.63, 3.8) is 0 Å². The van der Waals surface area contributed by atoms with E-state index in [1.165, 1.54) is 0 Å². The van der Waals surface area contributed by atoms with Gasteiger partial charge < -0.3 is 15.5 Å². The van der Waals surface area contributed by atoms with Crippen molar-refractivity contribution in [3.05, 3.63) is 0 Å². The van der Waals surface area contributed by atoms with Crippen molar-refractivity contribution in [1.29, 1.82) is 0 Å². The Balaban J connectivity index is 2.20. The highest BCUT2D eigenvalue weighted by Gasteiger charge is 2.23. The van der Waals surface area contributed by atoms with Crippen LogP contribution in [0.4, 0.5) is 0 Å². The molecule has 0 bridgehead atoms. The van der Waals surface area contributed by atoms with E-state index in [1.807, 2.05) is 14.1 Å². The van der Waals surface area contributed by atoms with Crippen LogP contribution in [0, 0.1) is 5.92 Å². The highest BCUT2D eigenvalue weighted by molar-refractivity contribution is 5.76. The minimum Gasteiger partial charge on any atom is -0.354 e. The quantitative estimate of drug-likeness (QED) is 0.678. The third-order valence-corrected chi connectivity index (χ3v) is 3.27. The lowest BCUT2D eigenvalue weighted by molar-refractivity contribution is -0.122. The van der Waals surface area contributed by atoms with Crippen LogP contribution in [0.25, 0.3) is 0 Å². The van der Waals surface area contributed by atoms with Crippen molar-refractivity contribution in [2.75, 3.05) is 33.7 Å². The molecule has 0 spiro atoms. The summed E-state index contributed by atoms with van der Waals surface area (Å²) in [6, 6.07) is 0. The molecule has 0 radical (unpaired) electrons. The topological polar surface area (TPSA) is 44.4 Å². The standard InChI is InChI=1S/C11H23N3O/c1-11(2,14(3)4)8-13-10(15)5-9-6-12-7-9/h9,12H,5-8H2,1-4H3,(H,13,15). The number of nitrogens with zero attached hydrogens (tertiary/aromatic N) is 1. The summed E-state index contributed by atoms with van der Waals surface area (Å²) < 4.78 is 0. The molecule has 1 aliphatic heterocycles. The number of likely N-dealkylation sites (N-methyl/N-ethyl adjacent to an activating group) is 1. The van der Waals surface area contributed by atoms with Gasteiger partial charge in [0, 0.05) is 18.5 Å². The third-order valence-electron chi connectivity index (χ3n) is 3.27. The molecule has 0 aromatic carbocycles. The fraction of sp³-hybridized carbons (Fsp3) is 0.909. The first-order valence-electron chi connectivity index (χ1n) is 5.56. The van der Waals surface area contributed by atoms with E-state index >= 15 is 0 Å². The maximum Gasteiger partial charge on any atom is 0.220 e. The van der Waals surface area contributed by atoms with Crippen LogP contribution in [0.1, 0.15) is 20.3 Å². The van der Waals surface area contributed by atoms with Crippen molar-refractivity contribution in [2.24, 2.45) is 5.92 Å². The van der Waals surface area contributed by atoms with E-state index in [9.17, 15) is 4.79 Å². The Morgan fingerprint density at radius 1 is 1.47 bits per heavy atom. The van der Waals surface area contributed by atoms with Gasteiger partial charge >= 0.3 is 0 Å². The van der Waals surface area contributed by atoms with Crippen LogP contribution in [0.5, 0.6) is 0 Å². The Bertz CT molecular complexity index is 222. The molecule has 0 unspecified atom stereocenters. The molecule has 0 saturated carbocycles. The second kappa shape index (κ2) is 4.94. The largest absolute Gasteiger partial charge is 0.354 e. The summed E-state index contributed by atoms with van der Waals surface area (Å²) in [6.07, 6.45) is 0.663. The van der Waals surface area contributed by atoms with Crippen LogP contribution in [0.2, 0.25) is 0 Å². The molecule has 0 aromatic heterocycles. The van der Waals surface area contributed by atoms with Crippen LogP contribution in [0.15, 0.2) is 0 Å². The van der Waals surface area contributed by atoms with Crippen LogP contribution in [-0.4, -0.2) is 50.1 Å². The maximum absolute atomic E-state index is 11.6. The van der Waals surface area contributed by atoms with E-state index < -0.39 is 0 Å². The number of carbonyl (C=O) groups excluding carboxylic acids is 1. The summed E-state index contributed by atoms with van der Waals surface area (Å²) in [5.41, 5.74) is 0.0214. The molecule has 1 fully saturated rings. The van der Waals surface area contributed by atoms with Crippen molar-refractivity contribution in [2.45, 2.75) is 25.8 Å². The average Bonchev–Trinajstić information content (AvgIpc) is 2.08. The predicted octanol–water partition coefficient (Wildman–Crippen LogP) is 0.0523. The minimum absolute atomic E-state index is 0.0214. The summed E-state index contributed by atoms with van der Waals surface area (Å²) in [7, 11) is 4.06. The van der Waals surface area contributed by atoms with Gasteiger partial charge in [-0.05, 0) is 47.0 Å². The van der Waals surface area contributed by atoms with Gasteiger partial charge in [-0.15, -0.1) is 0 Å². The van der Waals surface area contributed by atoms with Gasteiger partial charge in [-0.1, -0.05) is 0 Å². The Kier molecular flexibility index (Phi) is 4.11. The molecular weight excluding hydrogens is 190 g/mol. The Morgan fingerprint density at radius 2 is 2.07 bits per heavy atom. The fourth-order valence-electron chi connectivity index (χ4n) is 1.30. The second-order valence-electron chi connectivity index (χ2n) is 5.21. The van der Waals surface area contributed by atoms with Crippen molar-refractivity contribution < 1.29 is 4.79 Å². The predicted molar refractivity (Wildman–Crippen MR) is 61.8 cm³/mol. The van der Waals surface area contributed by atoms with Crippen molar-refractivity contribution in [1.82, 2.24) is 15.5 Å². The van der Waals surface area contributed by atoms with Gasteiger partial charge in [0.25, 0.3) is 0 Å². The molecule has 0 aliphatic carbocycles. The lowest BCUT2D eigenvalue weighted by atomic mass is 9.98. The SMILES string of the molecule is CN(C)C(C)(C)CNC(=O)CC1CNC1. The van der Waals surface area contributed by atoms with E-state index in [0.717, 1.165) is 13.1 Å². The van der Waals surface area contributed by atoms with Gasteiger partial charge in [-0.25, -0.2) is 0 Å². The second-order valence-corrected chi connectivity index (χ2v) is 5.21. The van der Waals surface area contributed by atoms with E-state index in [0.29, 0.717) is 18.9 Å². The Labute approximate surface area is 92.4 Å². The van der Waals surface area contributed by atoms with Crippen LogP contribution >= 0.6 is 0 Å². The van der Waals surface area contributed by atoms with E-state index in [4.69, 9.17) is 0 Å². The Hall–Kier alpha value is -0.610. The van der Waals surface area contributed by atoms with E-state index in [1.54, 1.807) is 0 Å². The van der Waals surface area contributed by atoms with Gasteiger partial charge in [0.15, 0.2) is 0 Å².